The monoisotopic (exact) mass is 369 g/mol. The number of carbonyl (C=O) groups excluding carboxylic acids is 1. The number of anilines is 1. The molecule has 0 aliphatic carbocycles. The van der Waals surface area contributed by atoms with Crippen molar-refractivity contribution in [1.29, 1.82) is 0 Å². The molecule has 9 heteroatoms. The number of benzene rings is 1. The summed E-state index contributed by atoms with van der Waals surface area (Å²) in [5, 5.41) is 4.74. The van der Waals surface area contributed by atoms with Crippen LogP contribution in [0.4, 0.5) is 9.52 Å². The number of halogens is 1. The van der Waals surface area contributed by atoms with Gasteiger partial charge in [0, 0.05) is 17.5 Å². The number of hydrogen-bond acceptors (Lipinski definition) is 5. The van der Waals surface area contributed by atoms with E-state index in [0.717, 1.165) is 6.26 Å². The third-order valence-electron chi connectivity index (χ3n) is 3.79. The van der Waals surface area contributed by atoms with Crippen molar-refractivity contribution in [2.75, 3.05) is 18.1 Å². The quantitative estimate of drug-likeness (QED) is 0.897. The van der Waals surface area contributed by atoms with Crippen molar-refractivity contribution in [3.8, 4) is 11.3 Å². The number of nitrogens with zero attached hydrogens (tertiary/aromatic N) is 2. The van der Waals surface area contributed by atoms with Gasteiger partial charge >= 0.3 is 0 Å². The lowest BCUT2D eigenvalue weighted by molar-refractivity contribution is -0.119. The molecule has 1 aromatic heterocycles. The summed E-state index contributed by atoms with van der Waals surface area (Å²) >= 11 is 1.21. The van der Waals surface area contributed by atoms with E-state index in [1.165, 1.54) is 27.8 Å². The average Bonchev–Trinajstić information content (AvgIpc) is 3.15. The van der Waals surface area contributed by atoms with Crippen molar-refractivity contribution in [2.45, 2.75) is 18.9 Å². The molecule has 1 N–H and O–H groups in total. The number of amides is 1. The van der Waals surface area contributed by atoms with Crippen LogP contribution >= 0.6 is 11.3 Å². The van der Waals surface area contributed by atoms with E-state index in [1.54, 1.807) is 17.5 Å². The second-order valence-corrected chi connectivity index (χ2v) is 8.36. The highest BCUT2D eigenvalue weighted by Crippen LogP contribution is 2.27. The molecular weight excluding hydrogens is 353 g/mol. The Morgan fingerprint density at radius 2 is 2.25 bits per heavy atom. The molecule has 1 amide bonds. The van der Waals surface area contributed by atoms with Crippen molar-refractivity contribution in [2.24, 2.45) is 0 Å². The molecule has 3 rings (SSSR count). The maximum atomic E-state index is 13.3. The summed E-state index contributed by atoms with van der Waals surface area (Å²) in [4.78, 5) is 16.6. The standard InChI is InChI=1S/C15H16FN3O3S2/c1-24(21,22)19-7-3-6-13(19)14(20)18-15-17-12(9-23-15)10-4-2-5-11(16)8-10/h2,4-5,8-9,13H,3,6-7H2,1H3,(H,17,18,20). The van der Waals surface area contributed by atoms with Gasteiger partial charge in [0.1, 0.15) is 11.9 Å². The molecule has 6 nitrogen and oxygen atoms in total. The maximum absolute atomic E-state index is 13.3. The lowest BCUT2D eigenvalue weighted by Crippen LogP contribution is -2.42. The first-order valence-electron chi connectivity index (χ1n) is 7.34. The highest BCUT2D eigenvalue weighted by atomic mass is 32.2. The summed E-state index contributed by atoms with van der Waals surface area (Å²) in [5.41, 5.74) is 1.17. The van der Waals surface area contributed by atoms with Crippen molar-refractivity contribution in [1.82, 2.24) is 9.29 Å². The van der Waals surface area contributed by atoms with E-state index in [1.807, 2.05) is 0 Å². The molecule has 1 aliphatic rings. The van der Waals surface area contributed by atoms with E-state index >= 15 is 0 Å². The molecule has 1 aromatic carbocycles. The van der Waals surface area contributed by atoms with E-state index in [-0.39, 0.29) is 5.82 Å². The predicted octanol–water partition coefficient (Wildman–Crippen LogP) is 2.31. The molecule has 0 spiro atoms. The molecule has 1 aliphatic heterocycles. The first kappa shape index (κ1) is 17.0. The molecule has 128 valence electrons. The summed E-state index contributed by atoms with van der Waals surface area (Å²) in [7, 11) is -3.42. The lowest BCUT2D eigenvalue weighted by atomic mass is 10.2. The van der Waals surface area contributed by atoms with E-state index in [0.29, 0.717) is 35.8 Å². The third-order valence-corrected chi connectivity index (χ3v) is 5.83. The van der Waals surface area contributed by atoms with E-state index in [9.17, 15) is 17.6 Å². The van der Waals surface area contributed by atoms with Crippen molar-refractivity contribution >= 4 is 32.4 Å². The van der Waals surface area contributed by atoms with Gasteiger partial charge in [0.2, 0.25) is 15.9 Å². The Morgan fingerprint density at radius 3 is 2.96 bits per heavy atom. The Morgan fingerprint density at radius 1 is 1.46 bits per heavy atom. The zero-order valence-electron chi connectivity index (χ0n) is 12.9. The largest absolute Gasteiger partial charge is 0.301 e. The molecule has 0 saturated carbocycles. The molecule has 1 atom stereocenters. The fraction of sp³-hybridized carbons (Fsp3) is 0.333. The fourth-order valence-electron chi connectivity index (χ4n) is 2.70. The molecule has 2 heterocycles. The first-order chi connectivity index (χ1) is 11.3. The number of sulfonamides is 1. The van der Waals surface area contributed by atoms with E-state index in [4.69, 9.17) is 0 Å². The second-order valence-electron chi connectivity index (χ2n) is 5.57. The van der Waals surface area contributed by atoms with Gasteiger partial charge in [-0.3, -0.25) is 4.79 Å². The van der Waals surface area contributed by atoms with Crippen LogP contribution in [0.25, 0.3) is 11.3 Å². The summed E-state index contributed by atoms with van der Waals surface area (Å²) in [5.74, 6) is -0.751. The highest BCUT2D eigenvalue weighted by molar-refractivity contribution is 7.88. The number of nitrogens with one attached hydrogen (secondary N) is 1. The van der Waals surface area contributed by atoms with E-state index < -0.39 is 22.0 Å². The Bertz CT molecular complexity index is 866. The highest BCUT2D eigenvalue weighted by Gasteiger charge is 2.36. The molecular formula is C15H16FN3O3S2. The average molecular weight is 369 g/mol. The van der Waals surface area contributed by atoms with Crippen LogP contribution in [0.5, 0.6) is 0 Å². The number of hydrogen-bond donors (Lipinski definition) is 1. The minimum Gasteiger partial charge on any atom is -0.301 e. The van der Waals surface area contributed by atoms with Crippen molar-refractivity contribution in [3.63, 3.8) is 0 Å². The Balaban J connectivity index is 1.74. The summed E-state index contributed by atoms with van der Waals surface area (Å²) < 4.78 is 37.9. The third kappa shape index (κ3) is 3.63. The van der Waals surface area contributed by atoms with Crippen LogP contribution in [0.2, 0.25) is 0 Å². The fourth-order valence-corrected chi connectivity index (χ4v) is 4.55. The van der Waals surface area contributed by atoms with Gasteiger partial charge in [-0.15, -0.1) is 11.3 Å². The SMILES string of the molecule is CS(=O)(=O)N1CCCC1C(=O)Nc1nc(-c2cccc(F)c2)cs1. The molecule has 24 heavy (non-hydrogen) atoms. The summed E-state index contributed by atoms with van der Waals surface area (Å²) in [6.07, 6.45) is 2.24. The van der Waals surface area contributed by atoms with Crippen LogP contribution in [0.1, 0.15) is 12.8 Å². The van der Waals surface area contributed by atoms with Crippen LogP contribution in [-0.2, 0) is 14.8 Å². The van der Waals surface area contributed by atoms with Gasteiger partial charge in [-0.1, -0.05) is 12.1 Å². The maximum Gasteiger partial charge on any atom is 0.244 e. The molecule has 1 fully saturated rings. The minimum atomic E-state index is -3.42. The Kier molecular flexibility index (Phi) is 4.66. The molecule has 1 saturated heterocycles. The van der Waals surface area contributed by atoms with Gasteiger partial charge < -0.3 is 5.32 Å². The van der Waals surface area contributed by atoms with Crippen LogP contribution < -0.4 is 5.32 Å². The summed E-state index contributed by atoms with van der Waals surface area (Å²) in [6, 6.07) is 5.32. The molecule has 0 bridgehead atoms. The van der Waals surface area contributed by atoms with Crippen molar-refractivity contribution in [3.05, 3.63) is 35.5 Å². The second kappa shape index (κ2) is 6.58. The zero-order valence-corrected chi connectivity index (χ0v) is 14.5. The van der Waals surface area contributed by atoms with Crippen LogP contribution in [0.3, 0.4) is 0 Å². The smallest absolute Gasteiger partial charge is 0.244 e. The van der Waals surface area contributed by atoms with Crippen LogP contribution in [-0.4, -0.2) is 42.5 Å². The first-order valence-corrected chi connectivity index (χ1v) is 10.1. The van der Waals surface area contributed by atoms with Crippen LogP contribution in [0.15, 0.2) is 29.6 Å². The normalized spacial score (nSPS) is 18.7. The minimum absolute atomic E-state index is 0.351. The number of carbonyl (C=O) groups is 1. The van der Waals surface area contributed by atoms with Gasteiger partial charge in [-0.05, 0) is 25.0 Å². The van der Waals surface area contributed by atoms with Gasteiger partial charge in [-0.2, -0.15) is 4.31 Å². The number of aromatic nitrogens is 1. The van der Waals surface area contributed by atoms with E-state index in [2.05, 4.69) is 10.3 Å². The van der Waals surface area contributed by atoms with Crippen LogP contribution in [0, 0.1) is 5.82 Å². The van der Waals surface area contributed by atoms with Gasteiger partial charge in [-0.25, -0.2) is 17.8 Å². The predicted molar refractivity (Wildman–Crippen MR) is 90.7 cm³/mol. The lowest BCUT2D eigenvalue weighted by Gasteiger charge is -2.20. The Labute approximate surface area is 143 Å². The number of rotatable bonds is 4. The zero-order chi connectivity index (χ0) is 17.3. The van der Waals surface area contributed by atoms with Crippen molar-refractivity contribution < 1.29 is 17.6 Å². The van der Waals surface area contributed by atoms with Gasteiger partial charge in [0.05, 0.1) is 11.9 Å². The number of thiazole rings is 1. The molecule has 1 unspecified atom stereocenters. The molecule has 0 radical (unpaired) electrons. The molecule has 2 aromatic rings. The topological polar surface area (TPSA) is 79.4 Å². The van der Waals surface area contributed by atoms with Gasteiger partial charge in [0.15, 0.2) is 5.13 Å². The van der Waals surface area contributed by atoms with Gasteiger partial charge in [0.25, 0.3) is 0 Å². The summed E-state index contributed by atoms with van der Waals surface area (Å²) in [6.45, 7) is 0.351. The Hall–Kier alpha value is -1.84.